The quantitative estimate of drug-likeness (QED) is 0.706. The molecule has 0 unspecified atom stereocenters. The summed E-state index contributed by atoms with van der Waals surface area (Å²) in [7, 11) is 0. The normalized spacial score (nSPS) is 10.6. The van der Waals surface area contributed by atoms with Gasteiger partial charge in [-0.25, -0.2) is 4.39 Å². The van der Waals surface area contributed by atoms with Crippen molar-refractivity contribution in [3.8, 4) is 5.75 Å². The van der Waals surface area contributed by atoms with Crippen LogP contribution >= 0.6 is 11.8 Å². The molecule has 0 heterocycles. The largest absolute Gasteiger partial charge is 0.490 e. The van der Waals surface area contributed by atoms with E-state index in [-0.39, 0.29) is 11.9 Å². The van der Waals surface area contributed by atoms with Crippen molar-refractivity contribution in [2.24, 2.45) is 0 Å². The van der Waals surface area contributed by atoms with Crippen molar-refractivity contribution in [3.63, 3.8) is 0 Å². The monoisotopic (exact) mass is 214 g/mol. The smallest absolute Gasteiger partial charge is 0.136 e. The Kier molecular flexibility index (Phi) is 4.26. The zero-order valence-electron chi connectivity index (χ0n) is 8.71. The van der Waals surface area contributed by atoms with Crippen LogP contribution in [0.5, 0.6) is 5.75 Å². The molecule has 1 aromatic rings. The van der Waals surface area contributed by atoms with E-state index in [1.165, 1.54) is 12.1 Å². The van der Waals surface area contributed by atoms with Crippen molar-refractivity contribution >= 4 is 11.8 Å². The van der Waals surface area contributed by atoms with E-state index in [0.29, 0.717) is 5.75 Å². The van der Waals surface area contributed by atoms with Gasteiger partial charge in [0.1, 0.15) is 11.6 Å². The third-order valence-electron chi connectivity index (χ3n) is 1.57. The Hall–Kier alpha value is -0.700. The van der Waals surface area contributed by atoms with Crippen LogP contribution < -0.4 is 4.74 Å². The first-order chi connectivity index (χ1) is 6.63. The highest BCUT2D eigenvalue weighted by atomic mass is 32.2. The Morgan fingerprint density at radius 2 is 2.14 bits per heavy atom. The van der Waals surface area contributed by atoms with Crippen molar-refractivity contribution in [2.75, 3.05) is 5.75 Å². The zero-order valence-corrected chi connectivity index (χ0v) is 9.53. The van der Waals surface area contributed by atoms with E-state index < -0.39 is 0 Å². The SMILES string of the molecule is CCSc1ccc(F)cc1OC(C)C. The fraction of sp³-hybridized carbons (Fsp3) is 0.455. The molecule has 1 aromatic carbocycles. The standard InChI is InChI=1S/C11H15FOS/c1-4-14-11-6-5-9(12)7-10(11)13-8(2)3/h5-8H,4H2,1-3H3. The Bertz CT molecular complexity index is 299. The summed E-state index contributed by atoms with van der Waals surface area (Å²) in [5.41, 5.74) is 0. The van der Waals surface area contributed by atoms with Gasteiger partial charge >= 0.3 is 0 Å². The number of hydrogen-bond acceptors (Lipinski definition) is 2. The van der Waals surface area contributed by atoms with E-state index >= 15 is 0 Å². The summed E-state index contributed by atoms with van der Waals surface area (Å²) in [6.07, 6.45) is 0.0769. The van der Waals surface area contributed by atoms with Gasteiger partial charge in [-0.05, 0) is 31.7 Å². The van der Waals surface area contributed by atoms with Crippen LogP contribution in [0.25, 0.3) is 0 Å². The van der Waals surface area contributed by atoms with Gasteiger partial charge in [-0.3, -0.25) is 0 Å². The Morgan fingerprint density at radius 3 is 2.71 bits per heavy atom. The van der Waals surface area contributed by atoms with Crippen LogP contribution in [0.2, 0.25) is 0 Å². The number of hydrogen-bond donors (Lipinski definition) is 0. The molecule has 0 atom stereocenters. The zero-order chi connectivity index (χ0) is 10.6. The molecule has 0 saturated carbocycles. The predicted octanol–water partition coefficient (Wildman–Crippen LogP) is 3.72. The molecule has 0 aliphatic heterocycles. The van der Waals surface area contributed by atoms with Gasteiger partial charge in [0, 0.05) is 11.0 Å². The number of thioether (sulfide) groups is 1. The molecule has 3 heteroatoms. The molecule has 0 aromatic heterocycles. The lowest BCUT2D eigenvalue weighted by atomic mass is 10.3. The van der Waals surface area contributed by atoms with Gasteiger partial charge in [-0.15, -0.1) is 11.8 Å². The number of rotatable bonds is 4. The fourth-order valence-corrected chi connectivity index (χ4v) is 1.83. The summed E-state index contributed by atoms with van der Waals surface area (Å²) in [6.45, 7) is 5.93. The highest BCUT2D eigenvalue weighted by Crippen LogP contribution is 2.30. The minimum Gasteiger partial charge on any atom is -0.490 e. The molecule has 0 amide bonds. The molecular formula is C11H15FOS. The fourth-order valence-electron chi connectivity index (χ4n) is 1.10. The maximum absolute atomic E-state index is 12.9. The van der Waals surface area contributed by atoms with Gasteiger partial charge in [-0.1, -0.05) is 6.92 Å². The molecule has 78 valence electrons. The maximum Gasteiger partial charge on any atom is 0.136 e. The van der Waals surface area contributed by atoms with E-state index in [0.717, 1.165) is 10.6 Å². The van der Waals surface area contributed by atoms with Crippen molar-refractivity contribution in [1.82, 2.24) is 0 Å². The molecule has 0 aliphatic rings. The highest BCUT2D eigenvalue weighted by molar-refractivity contribution is 7.99. The van der Waals surface area contributed by atoms with Gasteiger partial charge in [-0.2, -0.15) is 0 Å². The van der Waals surface area contributed by atoms with Crippen LogP contribution in [0.4, 0.5) is 4.39 Å². The minimum atomic E-state index is -0.249. The van der Waals surface area contributed by atoms with Gasteiger partial charge in [0.15, 0.2) is 0 Å². The molecule has 14 heavy (non-hydrogen) atoms. The van der Waals surface area contributed by atoms with Crippen molar-refractivity contribution in [1.29, 1.82) is 0 Å². The van der Waals surface area contributed by atoms with E-state index in [9.17, 15) is 4.39 Å². The second-order valence-electron chi connectivity index (χ2n) is 3.19. The predicted molar refractivity (Wildman–Crippen MR) is 58.6 cm³/mol. The Labute approximate surface area is 88.7 Å². The molecule has 0 spiro atoms. The lowest BCUT2D eigenvalue weighted by Gasteiger charge is -2.13. The molecule has 0 fully saturated rings. The van der Waals surface area contributed by atoms with Crippen LogP contribution in [0.1, 0.15) is 20.8 Å². The lowest BCUT2D eigenvalue weighted by Crippen LogP contribution is -2.06. The lowest BCUT2D eigenvalue weighted by molar-refractivity contribution is 0.235. The summed E-state index contributed by atoms with van der Waals surface area (Å²) in [5, 5.41) is 0. The van der Waals surface area contributed by atoms with Crippen LogP contribution in [0.3, 0.4) is 0 Å². The molecular weight excluding hydrogens is 199 g/mol. The first-order valence-electron chi connectivity index (χ1n) is 4.72. The van der Waals surface area contributed by atoms with Gasteiger partial charge in [0.05, 0.1) is 6.10 Å². The van der Waals surface area contributed by atoms with Gasteiger partial charge in [0.25, 0.3) is 0 Å². The average Bonchev–Trinajstić information content (AvgIpc) is 2.09. The van der Waals surface area contributed by atoms with E-state index in [1.807, 2.05) is 13.8 Å². The maximum atomic E-state index is 12.9. The molecule has 0 N–H and O–H groups in total. The number of halogens is 1. The van der Waals surface area contributed by atoms with Crippen LogP contribution in [-0.4, -0.2) is 11.9 Å². The van der Waals surface area contributed by atoms with Gasteiger partial charge in [0.2, 0.25) is 0 Å². The van der Waals surface area contributed by atoms with Crippen molar-refractivity contribution in [2.45, 2.75) is 31.8 Å². The van der Waals surface area contributed by atoms with Crippen LogP contribution in [0, 0.1) is 5.82 Å². The number of ether oxygens (including phenoxy) is 1. The third kappa shape index (κ3) is 3.22. The van der Waals surface area contributed by atoms with Crippen molar-refractivity contribution < 1.29 is 9.13 Å². The molecule has 0 aliphatic carbocycles. The summed E-state index contributed by atoms with van der Waals surface area (Å²) in [4.78, 5) is 1.00. The summed E-state index contributed by atoms with van der Waals surface area (Å²) < 4.78 is 18.5. The summed E-state index contributed by atoms with van der Waals surface area (Å²) in [5.74, 6) is 1.35. The second kappa shape index (κ2) is 5.25. The summed E-state index contributed by atoms with van der Waals surface area (Å²) >= 11 is 1.66. The molecule has 0 bridgehead atoms. The highest BCUT2D eigenvalue weighted by Gasteiger charge is 2.06. The average molecular weight is 214 g/mol. The van der Waals surface area contributed by atoms with Crippen LogP contribution in [-0.2, 0) is 0 Å². The topological polar surface area (TPSA) is 9.23 Å². The van der Waals surface area contributed by atoms with E-state index in [2.05, 4.69) is 6.92 Å². The Balaban J connectivity index is 2.90. The van der Waals surface area contributed by atoms with Gasteiger partial charge < -0.3 is 4.74 Å². The van der Waals surface area contributed by atoms with E-state index in [4.69, 9.17) is 4.74 Å². The number of benzene rings is 1. The van der Waals surface area contributed by atoms with Crippen LogP contribution in [0.15, 0.2) is 23.1 Å². The van der Waals surface area contributed by atoms with Crippen molar-refractivity contribution in [3.05, 3.63) is 24.0 Å². The molecule has 1 nitrogen and oxygen atoms in total. The minimum absolute atomic E-state index is 0.0769. The molecule has 1 rings (SSSR count). The first kappa shape index (κ1) is 11.4. The molecule has 0 saturated heterocycles. The third-order valence-corrected chi connectivity index (χ3v) is 2.51. The van der Waals surface area contributed by atoms with E-state index in [1.54, 1.807) is 17.8 Å². The first-order valence-corrected chi connectivity index (χ1v) is 5.71. The Morgan fingerprint density at radius 1 is 1.43 bits per heavy atom. The summed E-state index contributed by atoms with van der Waals surface area (Å²) in [6, 6.07) is 4.67. The second-order valence-corrected chi connectivity index (χ2v) is 4.50. The molecule has 0 radical (unpaired) electrons.